The van der Waals surface area contributed by atoms with Crippen LogP contribution in [0.3, 0.4) is 0 Å². The van der Waals surface area contributed by atoms with Gasteiger partial charge in [-0.25, -0.2) is 9.97 Å². The van der Waals surface area contributed by atoms with E-state index < -0.39 is 0 Å². The lowest BCUT2D eigenvalue weighted by Gasteiger charge is -2.29. The van der Waals surface area contributed by atoms with Crippen molar-refractivity contribution < 1.29 is 4.79 Å². The number of hydrogen-bond acceptors (Lipinski definition) is 5. The van der Waals surface area contributed by atoms with Crippen LogP contribution in [0.4, 0.5) is 11.5 Å². The Kier molecular flexibility index (Phi) is 4.36. The molecule has 0 bridgehead atoms. The molecule has 0 spiro atoms. The molecular formula is C20H25N5O. The highest BCUT2D eigenvalue weighted by atomic mass is 16.2. The highest BCUT2D eigenvalue weighted by Crippen LogP contribution is 2.29. The van der Waals surface area contributed by atoms with Gasteiger partial charge in [-0.2, -0.15) is 0 Å². The normalized spacial score (nSPS) is 19.6. The van der Waals surface area contributed by atoms with Gasteiger partial charge in [0.05, 0.1) is 0 Å². The predicted octanol–water partition coefficient (Wildman–Crippen LogP) is 2.22. The fourth-order valence-electron chi connectivity index (χ4n) is 3.86. The fraction of sp³-hybridized carbons (Fsp3) is 0.450. The van der Waals surface area contributed by atoms with E-state index in [0.29, 0.717) is 6.54 Å². The van der Waals surface area contributed by atoms with Crippen molar-refractivity contribution in [3.63, 3.8) is 0 Å². The highest BCUT2D eigenvalue weighted by molar-refractivity contribution is 6.04. The number of aryl methyl sites for hydroxylation is 2. The summed E-state index contributed by atoms with van der Waals surface area (Å²) in [5.74, 6) is 1.00. The number of benzene rings is 1. The van der Waals surface area contributed by atoms with E-state index in [2.05, 4.69) is 20.9 Å². The maximum absolute atomic E-state index is 13.2. The highest BCUT2D eigenvalue weighted by Gasteiger charge is 2.28. The largest absolute Gasteiger partial charge is 0.355 e. The molecule has 6 heteroatoms. The molecule has 2 N–H and O–H groups in total. The lowest BCUT2D eigenvalue weighted by Crippen LogP contribution is -2.37. The Morgan fingerprint density at radius 1 is 1.19 bits per heavy atom. The third-order valence-electron chi connectivity index (χ3n) is 5.43. The van der Waals surface area contributed by atoms with Crippen LogP contribution in [0.15, 0.2) is 24.3 Å². The zero-order valence-electron chi connectivity index (χ0n) is 15.4. The molecule has 1 saturated heterocycles. The van der Waals surface area contributed by atoms with Gasteiger partial charge in [0, 0.05) is 42.6 Å². The zero-order chi connectivity index (χ0) is 18.3. The molecule has 1 atom stereocenters. The van der Waals surface area contributed by atoms with E-state index in [1.54, 1.807) is 0 Å². The van der Waals surface area contributed by atoms with E-state index in [4.69, 9.17) is 5.73 Å². The molecule has 0 unspecified atom stereocenters. The molecule has 136 valence electrons. The first-order valence-electron chi connectivity index (χ1n) is 9.30. The van der Waals surface area contributed by atoms with Crippen LogP contribution in [-0.4, -0.2) is 41.6 Å². The van der Waals surface area contributed by atoms with Crippen molar-refractivity contribution >= 4 is 17.4 Å². The summed E-state index contributed by atoms with van der Waals surface area (Å²) in [7, 11) is 0. The lowest BCUT2D eigenvalue weighted by molar-refractivity contribution is 0.0975. The monoisotopic (exact) mass is 351 g/mol. The Morgan fingerprint density at radius 3 is 2.77 bits per heavy atom. The van der Waals surface area contributed by atoms with Crippen LogP contribution in [0.25, 0.3) is 0 Å². The van der Waals surface area contributed by atoms with E-state index in [0.717, 1.165) is 55.1 Å². The van der Waals surface area contributed by atoms with Gasteiger partial charge in [0.25, 0.3) is 5.91 Å². The molecule has 2 aliphatic heterocycles. The average molecular weight is 351 g/mol. The number of aromatic nitrogens is 2. The SMILES string of the molecule is Cc1nc(C(=O)N2CCCc3ccccc32)nc(N2CC[C@@H](N)C2)c1C. The van der Waals surface area contributed by atoms with Crippen molar-refractivity contribution in [1.82, 2.24) is 9.97 Å². The maximum Gasteiger partial charge on any atom is 0.296 e. The summed E-state index contributed by atoms with van der Waals surface area (Å²) in [6.45, 7) is 6.31. The van der Waals surface area contributed by atoms with Crippen LogP contribution < -0.4 is 15.5 Å². The molecule has 1 fully saturated rings. The molecule has 3 heterocycles. The molecule has 0 saturated carbocycles. The van der Waals surface area contributed by atoms with Crippen molar-refractivity contribution in [2.24, 2.45) is 5.73 Å². The minimum atomic E-state index is -0.120. The maximum atomic E-state index is 13.2. The van der Waals surface area contributed by atoms with E-state index in [1.807, 2.05) is 36.9 Å². The first-order chi connectivity index (χ1) is 12.5. The molecule has 1 aromatic heterocycles. The summed E-state index contributed by atoms with van der Waals surface area (Å²) in [5.41, 5.74) is 10.1. The van der Waals surface area contributed by atoms with E-state index in [-0.39, 0.29) is 17.8 Å². The molecular weight excluding hydrogens is 326 g/mol. The second kappa shape index (κ2) is 6.68. The second-order valence-corrected chi connectivity index (χ2v) is 7.27. The molecule has 26 heavy (non-hydrogen) atoms. The van der Waals surface area contributed by atoms with Gasteiger partial charge in [0.1, 0.15) is 5.82 Å². The quantitative estimate of drug-likeness (QED) is 0.898. The standard InChI is InChI=1S/C20H25N5O/c1-13-14(2)22-18(23-19(13)24-11-9-16(21)12-24)20(26)25-10-5-7-15-6-3-4-8-17(15)25/h3-4,6,8,16H,5,7,9-12,21H2,1-2H3/t16-/m1/s1. The number of carbonyl (C=O) groups excluding carboxylic acids is 1. The van der Waals surface area contributed by atoms with Crippen LogP contribution in [0, 0.1) is 13.8 Å². The van der Waals surface area contributed by atoms with Gasteiger partial charge in [0.2, 0.25) is 5.82 Å². The molecule has 1 aromatic carbocycles. The minimum absolute atomic E-state index is 0.120. The first-order valence-corrected chi connectivity index (χ1v) is 9.30. The van der Waals surface area contributed by atoms with Crippen molar-refractivity contribution in [3.05, 3.63) is 46.9 Å². The number of anilines is 2. The summed E-state index contributed by atoms with van der Waals surface area (Å²) in [6, 6.07) is 8.26. The predicted molar refractivity (Wildman–Crippen MR) is 103 cm³/mol. The van der Waals surface area contributed by atoms with Gasteiger partial charge in [0.15, 0.2) is 0 Å². The minimum Gasteiger partial charge on any atom is -0.355 e. The summed E-state index contributed by atoms with van der Waals surface area (Å²) in [6.07, 6.45) is 2.91. The van der Waals surface area contributed by atoms with E-state index in [9.17, 15) is 4.79 Å². The number of nitrogens with two attached hydrogens (primary N) is 1. The molecule has 4 rings (SSSR count). The first kappa shape index (κ1) is 17.0. The summed E-state index contributed by atoms with van der Waals surface area (Å²) in [5, 5.41) is 0. The van der Waals surface area contributed by atoms with Gasteiger partial charge < -0.3 is 15.5 Å². The number of rotatable bonds is 2. The number of para-hydroxylation sites is 1. The van der Waals surface area contributed by atoms with Gasteiger partial charge >= 0.3 is 0 Å². The smallest absolute Gasteiger partial charge is 0.296 e. The van der Waals surface area contributed by atoms with Gasteiger partial charge in [-0.05, 0) is 44.7 Å². The molecule has 2 aromatic rings. The zero-order valence-corrected chi connectivity index (χ0v) is 15.4. The van der Waals surface area contributed by atoms with Crippen molar-refractivity contribution in [2.45, 2.75) is 39.2 Å². The van der Waals surface area contributed by atoms with Crippen molar-refractivity contribution in [3.8, 4) is 0 Å². The Hall–Kier alpha value is -2.47. The fourth-order valence-corrected chi connectivity index (χ4v) is 3.86. The van der Waals surface area contributed by atoms with Crippen LogP contribution in [-0.2, 0) is 6.42 Å². The Bertz CT molecular complexity index is 850. The number of carbonyl (C=O) groups is 1. The molecule has 0 radical (unpaired) electrons. The average Bonchev–Trinajstić information content (AvgIpc) is 3.09. The number of fused-ring (bicyclic) bond motifs is 1. The van der Waals surface area contributed by atoms with Crippen molar-refractivity contribution in [2.75, 3.05) is 29.4 Å². The molecule has 0 aliphatic carbocycles. The number of amides is 1. The molecule has 2 aliphatic rings. The molecule has 6 nitrogen and oxygen atoms in total. The number of hydrogen-bond donors (Lipinski definition) is 1. The summed E-state index contributed by atoms with van der Waals surface area (Å²) >= 11 is 0. The number of nitrogens with zero attached hydrogens (tertiary/aromatic N) is 4. The van der Waals surface area contributed by atoms with Crippen molar-refractivity contribution in [1.29, 1.82) is 0 Å². The summed E-state index contributed by atoms with van der Waals surface area (Å²) in [4.78, 5) is 26.4. The second-order valence-electron chi connectivity index (χ2n) is 7.27. The Morgan fingerprint density at radius 2 is 2.00 bits per heavy atom. The van der Waals surface area contributed by atoms with Crippen LogP contribution in [0.2, 0.25) is 0 Å². The molecule has 1 amide bonds. The third kappa shape index (κ3) is 2.94. The van der Waals surface area contributed by atoms with Crippen LogP contribution in [0.1, 0.15) is 40.3 Å². The van der Waals surface area contributed by atoms with E-state index >= 15 is 0 Å². The Balaban J connectivity index is 1.70. The summed E-state index contributed by atoms with van der Waals surface area (Å²) < 4.78 is 0. The van der Waals surface area contributed by atoms with E-state index in [1.165, 1.54) is 5.56 Å². The Labute approximate surface area is 154 Å². The van der Waals surface area contributed by atoms with Gasteiger partial charge in [-0.1, -0.05) is 18.2 Å². The van der Waals surface area contributed by atoms with Crippen LogP contribution >= 0.6 is 0 Å². The van der Waals surface area contributed by atoms with Crippen LogP contribution in [0.5, 0.6) is 0 Å². The topological polar surface area (TPSA) is 75.4 Å². The van der Waals surface area contributed by atoms with Gasteiger partial charge in [-0.3, -0.25) is 4.79 Å². The lowest BCUT2D eigenvalue weighted by atomic mass is 10.0. The third-order valence-corrected chi connectivity index (χ3v) is 5.43. The van der Waals surface area contributed by atoms with Gasteiger partial charge in [-0.15, -0.1) is 0 Å².